The van der Waals surface area contributed by atoms with E-state index in [9.17, 15) is 8.78 Å². The fourth-order valence-corrected chi connectivity index (χ4v) is 1.57. The summed E-state index contributed by atoms with van der Waals surface area (Å²) in [5.41, 5.74) is 6.08. The number of hydrogen-bond acceptors (Lipinski definition) is 4. The van der Waals surface area contributed by atoms with E-state index in [0.717, 1.165) is 12.1 Å². The zero-order chi connectivity index (χ0) is 13.1. The second kappa shape index (κ2) is 5.09. The summed E-state index contributed by atoms with van der Waals surface area (Å²) in [5.74, 6) is -1.58. The second-order valence-corrected chi connectivity index (χ2v) is 3.69. The Hall–Kier alpha value is -2.02. The molecular weight excluding hydrogens is 242 g/mol. The third-order valence-corrected chi connectivity index (χ3v) is 2.49. The van der Waals surface area contributed by atoms with Crippen LogP contribution in [-0.4, -0.2) is 28.5 Å². The Balaban J connectivity index is 2.42. The summed E-state index contributed by atoms with van der Waals surface area (Å²) in [4.78, 5) is 0. The topological polar surface area (TPSA) is 66.0 Å². The van der Waals surface area contributed by atoms with Crippen LogP contribution in [0.4, 0.5) is 14.5 Å². The first kappa shape index (κ1) is 12.4. The van der Waals surface area contributed by atoms with Gasteiger partial charge in [-0.1, -0.05) is 0 Å². The molecule has 2 aromatic rings. The molecule has 0 saturated carbocycles. The summed E-state index contributed by atoms with van der Waals surface area (Å²) in [5, 5.41) is 7.59. The van der Waals surface area contributed by atoms with Gasteiger partial charge in [-0.05, 0) is 6.07 Å². The van der Waals surface area contributed by atoms with E-state index in [2.05, 4.69) is 10.2 Å². The van der Waals surface area contributed by atoms with Crippen LogP contribution < -0.4 is 5.73 Å². The number of nitrogen functional groups attached to an aromatic ring is 1. The van der Waals surface area contributed by atoms with E-state index in [1.165, 1.54) is 6.33 Å². The first-order chi connectivity index (χ1) is 8.63. The van der Waals surface area contributed by atoms with Gasteiger partial charge in [-0.25, -0.2) is 8.78 Å². The number of benzene rings is 1. The van der Waals surface area contributed by atoms with Gasteiger partial charge in [0.25, 0.3) is 0 Å². The van der Waals surface area contributed by atoms with Crippen molar-refractivity contribution >= 4 is 5.69 Å². The first-order valence-electron chi connectivity index (χ1n) is 5.25. The number of rotatable bonds is 4. The molecule has 0 atom stereocenters. The van der Waals surface area contributed by atoms with Crippen molar-refractivity contribution in [3.8, 4) is 11.4 Å². The van der Waals surface area contributed by atoms with E-state index in [0.29, 0.717) is 24.5 Å². The van der Waals surface area contributed by atoms with Gasteiger partial charge in [0.05, 0.1) is 6.61 Å². The summed E-state index contributed by atoms with van der Waals surface area (Å²) in [6.07, 6.45) is 1.48. The molecule has 0 bridgehead atoms. The molecule has 1 aromatic heterocycles. The maximum atomic E-state index is 13.2. The molecule has 96 valence electrons. The lowest BCUT2D eigenvalue weighted by Gasteiger charge is -2.08. The van der Waals surface area contributed by atoms with E-state index in [-0.39, 0.29) is 5.69 Å². The Morgan fingerprint density at radius 3 is 2.78 bits per heavy atom. The molecule has 0 saturated heterocycles. The molecule has 0 aliphatic carbocycles. The molecular formula is C11H12F2N4O. The van der Waals surface area contributed by atoms with Crippen LogP contribution in [0, 0.1) is 11.6 Å². The van der Waals surface area contributed by atoms with Gasteiger partial charge in [0.2, 0.25) is 0 Å². The van der Waals surface area contributed by atoms with Crippen molar-refractivity contribution in [2.45, 2.75) is 6.54 Å². The average Bonchev–Trinajstić information content (AvgIpc) is 2.79. The number of anilines is 1. The van der Waals surface area contributed by atoms with E-state index in [1.807, 2.05) is 0 Å². The second-order valence-electron chi connectivity index (χ2n) is 3.69. The van der Waals surface area contributed by atoms with Crippen LogP contribution in [0.15, 0.2) is 18.5 Å². The molecule has 2 rings (SSSR count). The molecule has 0 unspecified atom stereocenters. The third kappa shape index (κ3) is 2.30. The van der Waals surface area contributed by atoms with Crippen LogP contribution in [0.1, 0.15) is 0 Å². The smallest absolute Gasteiger partial charge is 0.166 e. The van der Waals surface area contributed by atoms with Crippen LogP contribution in [0.5, 0.6) is 0 Å². The van der Waals surface area contributed by atoms with Gasteiger partial charge in [-0.2, -0.15) is 0 Å². The van der Waals surface area contributed by atoms with Gasteiger partial charge in [0.15, 0.2) is 17.5 Å². The molecule has 2 N–H and O–H groups in total. The van der Waals surface area contributed by atoms with E-state index < -0.39 is 11.6 Å². The molecule has 1 aromatic carbocycles. The Labute approximate surface area is 102 Å². The zero-order valence-corrected chi connectivity index (χ0v) is 9.73. The van der Waals surface area contributed by atoms with Gasteiger partial charge in [0, 0.05) is 31.0 Å². The van der Waals surface area contributed by atoms with Crippen molar-refractivity contribution in [3.05, 3.63) is 30.1 Å². The largest absolute Gasteiger partial charge is 0.398 e. The standard InChI is InChI=1S/C11H12F2N4O/c1-18-3-2-17-6-15-16-11(17)7-4-8(12)9(13)5-10(7)14/h4-6H,2-3,14H2,1H3. The average molecular weight is 254 g/mol. The quantitative estimate of drug-likeness (QED) is 0.839. The summed E-state index contributed by atoms with van der Waals surface area (Å²) in [6, 6.07) is 1.94. The van der Waals surface area contributed by atoms with Crippen LogP contribution >= 0.6 is 0 Å². The predicted octanol–water partition coefficient (Wildman–Crippen LogP) is 1.45. The number of methoxy groups -OCH3 is 1. The molecule has 0 radical (unpaired) electrons. The lowest BCUT2D eigenvalue weighted by molar-refractivity contribution is 0.187. The van der Waals surface area contributed by atoms with Gasteiger partial charge < -0.3 is 15.0 Å². The molecule has 0 spiro atoms. The van der Waals surface area contributed by atoms with E-state index >= 15 is 0 Å². The minimum atomic E-state index is -0.987. The van der Waals surface area contributed by atoms with E-state index in [4.69, 9.17) is 10.5 Å². The molecule has 1 heterocycles. The number of hydrogen-bond donors (Lipinski definition) is 1. The maximum absolute atomic E-state index is 13.2. The number of halogens is 2. The summed E-state index contributed by atoms with van der Waals surface area (Å²) in [7, 11) is 1.57. The zero-order valence-electron chi connectivity index (χ0n) is 9.73. The van der Waals surface area contributed by atoms with Crippen molar-refractivity contribution in [2.75, 3.05) is 19.5 Å². The highest BCUT2D eigenvalue weighted by atomic mass is 19.2. The molecule has 18 heavy (non-hydrogen) atoms. The highest BCUT2D eigenvalue weighted by Crippen LogP contribution is 2.26. The van der Waals surface area contributed by atoms with E-state index in [1.54, 1.807) is 11.7 Å². The molecule has 0 aliphatic rings. The Morgan fingerprint density at radius 1 is 1.33 bits per heavy atom. The molecule has 0 fully saturated rings. The molecule has 7 heteroatoms. The maximum Gasteiger partial charge on any atom is 0.166 e. The highest BCUT2D eigenvalue weighted by molar-refractivity contribution is 5.71. The van der Waals surface area contributed by atoms with Gasteiger partial charge in [0.1, 0.15) is 6.33 Å². The van der Waals surface area contributed by atoms with Crippen LogP contribution in [0.3, 0.4) is 0 Å². The predicted molar refractivity (Wildman–Crippen MR) is 61.7 cm³/mol. The van der Waals surface area contributed by atoms with Crippen molar-refractivity contribution in [2.24, 2.45) is 0 Å². The minimum Gasteiger partial charge on any atom is -0.398 e. The molecule has 0 aliphatic heterocycles. The third-order valence-electron chi connectivity index (χ3n) is 2.49. The fraction of sp³-hybridized carbons (Fsp3) is 0.273. The number of nitrogens with two attached hydrogens (primary N) is 1. The molecule has 5 nitrogen and oxygen atoms in total. The SMILES string of the molecule is COCCn1cnnc1-c1cc(F)c(F)cc1N. The van der Waals surface area contributed by atoms with Crippen molar-refractivity contribution < 1.29 is 13.5 Å². The number of ether oxygens (including phenoxy) is 1. The Bertz CT molecular complexity index is 556. The summed E-state index contributed by atoms with van der Waals surface area (Å²) in [6.45, 7) is 0.950. The normalized spacial score (nSPS) is 10.8. The Kier molecular flexibility index (Phi) is 3.52. The lowest BCUT2D eigenvalue weighted by atomic mass is 10.1. The fourth-order valence-electron chi connectivity index (χ4n) is 1.57. The first-order valence-corrected chi connectivity index (χ1v) is 5.25. The Morgan fingerprint density at radius 2 is 2.06 bits per heavy atom. The summed E-state index contributed by atoms with van der Waals surface area (Å²) < 4.78 is 32.8. The van der Waals surface area contributed by atoms with Gasteiger partial charge in [-0.15, -0.1) is 10.2 Å². The van der Waals surface area contributed by atoms with Gasteiger partial charge >= 0.3 is 0 Å². The van der Waals surface area contributed by atoms with Crippen molar-refractivity contribution in [1.29, 1.82) is 0 Å². The van der Waals surface area contributed by atoms with Crippen molar-refractivity contribution in [1.82, 2.24) is 14.8 Å². The number of aromatic nitrogens is 3. The lowest BCUT2D eigenvalue weighted by Crippen LogP contribution is -2.06. The van der Waals surface area contributed by atoms with Crippen molar-refractivity contribution in [3.63, 3.8) is 0 Å². The number of nitrogens with zero attached hydrogens (tertiary/aromatic N) is 3. The van der Waals surface area contributed by atoms with Crippen LogP contribution in [-0.2, 0) is 11.3 Å². The molecule has 0 amide bonds. The van der Waals surface area contributed by atoms with Crippen LogP contribution in [0.25, 0.3) is 11.4 Å². The van der Waals surface area contributed by atoms with Gasteiger partial charge in [-0.3, -0.25) is 0 Å². The summed E-state index contributed by atoms with van der Waals surface area (Å²) >= 11 is 0. The van der Waals surface area contributed by atoms with Crippen LogP contribution in [0.2, 0.25) is 0 Å². The highest BCUT2D eigenvalue weighted by Gasteiger charge is 2.14. The minimum absolute atomic E-state index is 0.112. The monoisotopic (exact) mass is 254 g/mol.